The molecule has 0 saturated heterocycles. The van der Waals surface area contributed by atoms with Gasteiger partial charge in [-0.2, -0.15) is 0 Å². The molecular formula is C2H8N3O4P. The van der Waals surface area contributed by atoms with Gasteiger partial charge in [-0.05, 0) is 6.72 Å². The van der Waals surface area contributed by atoms with Crippen molar-refractivity contribution in [1.29, 1.82) is 5.41 Å². The Hall–Kier alpha value is -0.750. The van der Waals surface area contributed by atoms with Crippen molar-refractivity contribution in [2.24, 2.45) is 10.7 Å². The number of nitrogens with one attached hydrogen (secondary N) is 1. The van der Waals surface area contributed by atoms with Crippen LogP contribution in [0, 0.1) is 5.41 Å². The molecular weight excluding hydrogens is 161 g/mol. The van der Waals surface area contributed by atoms with E-state index in [1.807, 2.05) is 0 Å². The van der Waals surface area contributed by atoms with Crippen molar-refractivity contribution in [3.63, 3.8) is 0 Å². The summed E-state index contributed by atoms with van der Waals surface area (Å²) in [4.78, 5) is 24.6. The van der Waals surface area contributed by atoms with Gasteiger partial charge in [-0.15, -0.1) is 0 Å². The Labute approximate surface area is 57.0 Å². The number of guanidine groups is 1. The van der Waals surface area contributed by atoms with Gasteiger partial charge in [0.2, 0.25) is 5.96 Å². The van der Waals surface area contributed by atoms with Crippen molar-refractivity contribution in [1.82, 2.24) is 0 Å². The van der Waals surface area contributed by atoms with Crippen LogP contribution in [0.2, 0.25) is 0 Å². The van der Waals surface area contributed by atoms with Crippen molar-refractivity contribution in [3.05, 3.63) is 0 Å². The predicted molar refractivity (Wildman–Crippen MR) is 35.7 cm³/mol. The van der Waals surface area contributed by atoms with E-state index in [0.717, 1.165) is 0 Å². The highest BCUT2D eigenvalue weighted by Crippen LogP contribution is 2.25. The van der Waals surface area contributed by atoms with Crippen molar-refractivity contribution >= 4 is 20.5 Å². The standard InChI is InChI=1S/C2H5N3.H3O4P/c1-5-2(3)4;1-5(2,3)4/h1H2,(H3,3,4);(H3,1,2,3,4). The minimum atomic E-state index is -4.64. The van der Waals surface area contributed by atoms with Crippen molar-refractivity contribution in [3.8, 4) is 0 Å². The lowest BCUT2D eigenvalue weighted by Gasteiger charge is -1.82. The molecule has 0 aromatic heterocycles. The summed E-state index contributed by atoms with van der Waals surface area (Å²) in [5, 5.41) is 6.29. The summed E-state index contributed by atoms with van der Waals surface area (Å²) in [7, 11) is -4.64. The first-order valence-electron chi connectivity index (χ1n) is 1.86. The minimum Gasteiger partial charge on any atom is -0.368 e. The molecule has 0 fully saturated rings. The van der Waals surface area contributed by atoms with Gasteiger partial charge in [0.05, 0.1) is 0 Å². The average Bonchev–Trinajstić information content (AvgIpc) is 1.61. The molecule has 0 heterocycles. The molecule has 0 aromatic carbocycles. The van der Waals surface area contributed by atoms with Gasteiger partial charge < -0.3 is 20.4 Å². The van der Waals surface area contributed by atoms with E-state index in [-0.39, 0.29) is 5.96 Å². The van der Waals surface area contributed by atoms with E-state index in [4.69, 9.17) is 24.7 Å². The van der Waals surface area contributed by atoms with Crippen LogP contribution in [0.3, 0.4) is 0 Å². The number of hydrogen-bond donors (Lipinski definition) is 5. The van der Waals surface area contributed by atoms with E-state index in [1.165, 1.54) is 0 Å². The zero-order valence-corrected chi connectivity index (χ0v) is 5.82. The summed E-state index contributed by atoms with van der Waals surface area (Å²) in [6, 6.07) is 0. The second kappa shape index (κ2) is 5.07. The first kappa shape index (κ1) is 12.0. The number of aliphatic imine (C=N–C) groups is 1. The molecule has 0 aliphatic carbocycles. The van der Waals surface area contributed by atoms with Gasteiger partial charge in [0, 0.05) is 0 Å². The Morgan fingerprint density at radius 1 is 1.60 bits per heavy atom. The predicted octanol–water partition coefficient (Wildman–Crippen LogP) is -1.35. The average molecular weight is 169 g/mol. The monoisotopic (exact) mass is 169 g/mol. The van der Waals surface area contributed by atoms with Crippen molar-refractivity contribution in [2.45, 2.75) is 0 Å². The van der Waals surface area contributed by atoms with Gasteiger partial charge in [-0.1, -0.05) is 0 Å². The number of nitrogens with two attached hydrogens (primary N) is 1. The largest absolute Gasteiger partial charge is 0.466 e. The molecule has 0 amide bonds. The topological polar surface area (TPSA) is 140 Å². The molecule has 0 rings (SSSR count). The van der Waals surface area contributed by atoms with Crippen LogP contribution >= 0.6 is 7.82 Å². The second-order valence-electron chi connectivity index (χ2n) is 1.06. The zero-order chi connectivity index (χ0) is 8.78. The van der Waals surface area contributed by atoms with Crippen LogP contribution in [0.4, 0.5) is 0 Å². The Morgan fingerprint density at radius 2 is 1.70 bits per heavy atom. The van der Waals surface area contributed by atoms with Gasteiger partial charge >= 0.3 is 7.82 Å². The van der Waals surface area contributed by atoms with E-state index < -0.39 is 7.82 Å². The molecule has 0 saturated carbocycles. The maximum atomic E-state index is 8.88. The highest BCUT2D eigenvalue weighted by atomic mass is 31.2. The molecule has 0 unspecified atom stereocenters. The fraction of sp³-hybridized carbons (Fsp3) is 0. The third kappa shape index (κ3) is 181. The molecule has 60 valence electrons. The number of hydrogen-bond acceptors (Lipinski definition) is 2. The molecule has 0 aliphatic rings. The summed E-state index contributed by atoms with van der Waals surface area (Å²) in [6.07, 6.45) is 0. The quantitative estimate of drug-likeness (QED) is 0.173. The Morgan fingerprint density at radius 3 is 1.70 bits per heavy atom. The van der Waals surface area contributed by atoms with Gasteiger partial charge in [-0.3, -0.25) is 5.41 Å². The van der Waals surface area contributed by atoms with E-state index in [2.05, 4.69) is 17.4 Å². The van der Waals surface area contributed by atoms with Gasteiger partial charge in [0.1, 0.15) is 0 Å². The van der Waals surface area contributed by atoms with Crippen LogP contribution in [0.1, 0.15) is 0 Å². The van der Waals surface area contributed by atoms with E-state index in [0.29, 0.717) is 0 Å². The highest BCUT2D eigenvalue weighted by Gasteiger charge is 2.00. The highest BCUT2D eigenvalue weighted by molar-refractivity contribution is 7.45. The fourth-order valence-electron chi connectivity index (χ4n) is 0. The minimum absolute atomic E-state index is 0.231. The molecule has 10 heavy (non-hydrogen) atoms. The lowest BCUT2D eigenvalue weighted by molar-refractivity contribution is 0.275. The molecule has 8 heteroatoms. The van der Waals surface area contributed by atoms with Crippen molar-refractivity contribution < 1.29 is 19.2 Å². The SMILES string of the molecule is C=NC(=N)N.O=P(O)(O)O. The second-order valence-corrected chi connectivity index (χ2v) is 2.08. The smallest absolute Gasteiger partial charge is 0.368 e. The number of nitrogens with zero attached hydrogens (tertiary/aromatic N) is 1. The Balaban J connectivity index is 0. The van der Waals surface area contributed by atoms with Gasteiger partial charge in [-0.25, -0.2) is 9.56 Å². The van der Waals surface area contributed by atoms with Crippen LogP contribution in [-0.2, 0) is 4.57 Å². The summed E-state index contributed by atoms with van der Waals surface area (Å²) < 4.78 is 8.88. The van der Waals surface area contributed by atoms with E-state index >= 15 is 0 Å². The van der Waals surface area contributed by atoms with E-state index in [1.54, 1.807) is 0 Å². The number of rotatable bonds is 0. The van der Waals surface area contributed by atoms with Crippen LogP contribution in [-0.4, -0.2) is 27.4 Å². The summed E-state index contributed by atoms with van der Waals surface area (Å²) in [5.74, 6) is -0.231. The van der Waals surface area contributed by atoms with Gasteiger partial charge in [0.15, 0.2) is 0 Å². The van der Waals surface area contributed by atoms with Crippen LogP contribution in [0.15, 0.2) is 4.99 Å². The van der Waals surface area contributed by atoms with Gasteiger partial charge in [0.25, 0.3) is 0 Å². The number of phosphoric acid groups is 1. The van der Waals surface area contributed by atoms with Crippen molar-refractivity contribution in [2.75, 3.05) is 0 Å². The van der Waals surface area contributed by atoms with E-state index in [9.17, 15) is 0 Å². The first-order chi connectivity index (χ1) is 4.27. The molecule has 0 bridgehead atoms. The normalized spacial score (nSPS) is 9.10. The Bertz CT molecular complexity index is 154. The zero-order valence-electron chi connectivity index (χ0n) is 4.93. The summed E-state index contributed by atoms with van der Waals surface area (Å²) in [6.45, 7) is 2.96. The van der Waals surface area contributed by atoms with Crippen LogP contribution in [0.25, 0.3) is 0 Å². The molecule has 0 radical (unpaired) electrons. The maximum Gasteiger partial charge on any atom is 0.466 e. The lowest BCUT2D eigenvalue weighted by Crippen LogP contribution is -2.03. The fourth-order valence-corrected chi connectivity index (χ4v) is 0. The lowest BCUT2D eigenvalue weighted by atomic mass is 11.1. The van der Waals surface area contributed by atoms with Crippen LogP contribution < -0.4 is 5.73 Å². The molecule has 7 nitrogen and oxygen atoms in total. The first-order valence-corrected chi connectivity index (χ1v) is 3.43. The molecule has 6 N–H and O–H groups in total. The Kier molecular flexibility index (Phi) is 6.07. The molecule has 0 spiro atoms. The molecule has 0 aromatic rings. The summed E-state index contributed by atoms with van der Waals surface area (Å²) in [5.41, 5.74) is 4.65. The summed E-state index contributed by atoms with van der Waals surface area (Å²) >= 11 is 0. The third-order valence-corrected chi connectivity index (χ3v) is 0.170. The molecule has 0 aliphatic heterocycles. The van der Waals surface area contributed by atoms with Crippen LogP contribution in [0.5, 0.6) is 0 Å². The maximum absolute atomic E-state index is 8.88. The third-order valence-electron chi connectivity index (χ3n) is 0.170. The molecule has 0 atom stereocenters.